The fourth-order valence-corrected chi connectivity index (χ4v) is 3.79. The van der Waals surface area contributed by atoms with E-state index in [1.54, 1.807) is 38.2 Å². The van der Waals surface area contributed by atoms with E-state index in [-0.39, 0.29) is 11.9 Å². The first-order valence-corrected chi connectivity index (χ1v) is 10.7. The molecule has 0 bridgehead atoms. The Kier molecular flexibility index (Phi) is 7.56. The van der Waals surface area contributed by atoms with Crippen LogP contribution in [0.1, 0.15) is 44.9 Å². The quantitative estimate of drug-likeness (QED) is 0.449. The van der Waals surface area contributed by atoms with Crippen LogP contribution in [0.2, 0.25) is 0 Å². The Bertz CT molecular complexity index is 1110. The van der Waals surface area contributed by atoms with Crippen molar-refractivity contribution in [3.05, 3.63) is 77.0 Å². The number of esters is 1. The van der Waals surface area contributed by atoms with Gasteiger partial charge in [-0.15, -0.1) is 0 Å². The summed E-state index contributed by atoms with van der Waals surface area (Å²) < 4.78 is 9.25. The smallest absolute Gasteiger partial charge is 0.343 e. The fraction of sp³-hybridized carbons (Fsp3) is 0.217. The lowest BCUT2D eigenvalue weighted by atomic mass is 10.1. The van der Waals surface area contributed by atoms with Gasteiger partial charge in [0.2, 0.25) is 0 Å². The number of rotatable bonds is 8. The van der Waals surface area contributed by atoms with Crippen molar-refractivity contribution in [2.45, 2.75) is 19.9 Å². The maximum Gasteiger partial charge on any atom is 0.343 e. The van der Waals surface area contributed by atoms with Crippen molar-refractivity contribution in [3.63, 3.8) is 0 Å². The molecule has 8 nitrogen and oxygen atoms in total. The van der Waals surface area contributed by atoms with Crippen molar-refractivity contribution in [2.24, 2.45) is 0 Å². The molecule has 3 aromatic rings. The average molecular weight is 453 g/mol. The molecule has 9 heteroatoms. The van der Waals surface area contributed by atoms with Crippen LogP contribution in [0.5, 0.6) is 0 Å². The highest BCUT2D eigenvalue weighted by molar-refractivity contribution is 7.10. The van der Waals surface area contributed by atoms with Gasteiger partial charge in [0.15, 0.2) is 6.61 Å². The zero-order chi connectivity index (χ0) is 23.1. The minimum atomic E-state index is -0.640. The minimum absolute atomic E-state index is 0.211. The Morgan fingerprint density at radius 1 is 1.06 bits per heavy atom. The second-order valence-electron chi connectivity index (χ2n) is 7.00. The van der Waals surface area contributed by atoms with E-state index in [4.69, 9.17) is 4.74 Å². The molecule has 0 radical (unpaired) electrons. The number of aryl methyl sites for hydroxylation is 1. The van der Waals surface area contributed by atoms with Gasteiger partial charge in [-0.2, -0.15) is 4.37 Å². The van der Waals surface area contributed by atoms with Crippen LogP contribution in [0.4, 0.5) is 10.7 Å². The number of hydrogen-bond acceptors (Lipinski definition) is 7. The number of benzene rings is 2. The van der Waals surface area contributed by atoms with Gasteiger partial charge in [-0.25, -0.2) is 4.79 Å². The Morgan fingerprint density at radius 2 is 1.75 bits per heavy atom. The zero-order valence-corrected chi connectivity index (χ0v) is 18.8. The van der Waals surface area contributed by atoms with Crippen LogP contribution in [0.25, 0.3) is 0 Å². The summed E-state index contributed by atoms with van der Waals surface area (Å²) in [6.45, 7) is 3.08. The molecule has 0 aliphatic heterocycles. The van der Waals surface area contributed by atoms with E-state index in [0.29, 0.717) is 27.5 Å². The summed E-state index contributed by atoms with van der Waals surface area (Å²) in [7, 11) is 1.68. The van der Waals surface area contributed by atoms with Gasteiger partial charge in [-0.1, -0.05) is 42.5 Å². The second-order valence-corrected chi connectivity index (χ2v) is 7.77. The normalized spacial score (nSPS) is 11.3. The van der Waals surface area contributed by atoms with E-state index in [0.717, 1.165) is 17.1 Å². The molecule has 3 N–H and O–H groups in total. The molecule has 2 amide bonds. The lowest BCUT2D eigenvalue weighted by Gasteiger charge is -2.16. The molecule has 32 heavy (non-hydrogen) atoms. The number of anilines is 2. The number of nitrogens with one attached hydrogen (secondary N) is 3. The van der Waals surface area contributed by atoms with E-state index in [1.807, 2.05) is 37.3 Å². The van der Waals surface area contributed by atoms with Gasteiger partial charge >= 0.3 is 5.97 Å². The summed E-state index contributed by atoms with van der Waals surface area (Å²) in [4.78, 5) is 37.6. The Hall–Kier alpha value is -3.72. The number of aromatic nitrogens is 1. The molecule has 0 aliphatic rings. The number of carbonyl (C=O) groups excluding carboxylic acids is 3. The highest BCUT2D eigenvalue weighted by Gasteiger charge is 2.21. The summed E-state index contributed by atoms with van der Waals surface area (Å²) in [6, 6.07) is 16.0. The minimum Gasteiger partial charge on any atom is -0.452 e. The van der Waals surface area contributed by atoms with Gasteiger partial charge in [0.05, 0.1) is 23.0 Å². The topological polar surface area (TPSA) is 109 Å². The van der Waals surface area contributed by atoms with E-state index in [2.05, 4.69) is 20.3 Å². The lowest BCUT2D eigenvalue weighted by molar-refractivity contribution is -0.119. The summed E-state index contributed by atoms with van der Waals surface area (Å²) in [6.07, 6.45) is 0. The Morgan fingerprint density at radius 3 is 2.47 bits per heavy atom. The third-order valence-corrected chi connectivity index (χ3v) is 5.68. The molecular formula is C23H24N4O4S. The standard InChI is InChI=1S/C23H24N4O4S/c1-14(16-9-5-4-6-10-16)25-21(29)17-11-7-8-12-18(17)26-19(28)13-31-23(30)20-15(2)27-32-22(20)24-3/h4-12,14,24H,13H2,1-3H3,(H,25,29)(H,26,28). The second kappa shape index (κ2) is 10.5. The van der Waals surface area contributed by atoms with Crippen LogP contribution in [-0.4, -0.2) is 35.8 Å². The highest BCUT2D eigenvalue weighted by atomic mass is 32.1. The first-order chi connectivity index (χ1) is 15.4. The van der Waals surface area contributed by atoms with Crippen LogP contribution in [0.3, 0.4) is 0 Å². The van der Waals surface area contributed by atoms with Crippen LogP contribution in [-0.2, 0) is 9.53 Å². The first-order valence-electron chi connectivity index (χ1n) is 9.96. The van der Waals surface area contributed by atoms with Gasteiger partial charge in [0, 0.05) is 7.05 Å². The van der Waals surface area contributed by atoms with Gasteiger partial charge in [-0.05, 0) is 43.1 Å². The molecule has 0 aliphatic carbocycles. The van der Waals surface area contributed by atoms with E-state index in [1.165, 1.54) is 0 Å². The molecule has 1 unspecified atom stereocenters. The zero-order valence-electron chi connectivity index (χ0n) is 18.0. The van der Waals surface area contributed by atoms with Crippen molar-refractivity contribution >= 4 is 40.0 Å². The molecule has 1 atom stereocenters. The van der Waals surface area contributed by atoms with E-state index >= 15 is 0 Å². The van der Waals surface area contributed by atoms with Crippen LogP contribution in [0.15, 0.2) is 54.6 Å². The molecule has 0 saturated heterocycles. The van der Waals surface area contributed by atoms with Crippen molar-refractivity contribution in [1.82, 2.24) is 9.69 Å². The maximum atomic E-state index is 12.8. The summed E-state index contributed by atoms with van der Waals surface area (Å²) in [5.41, 5.74) is 2.44. The highest BCUT2D eigenvalue weighted by Crippen LogP contribution is 2.24. The molecule has 0 saturated carbocycles. The van der Waals surface area contributed by atoms with Crippen molar-refractivity contribution in [3.8, 4) is 0 Å². The molecule has 3 rings (SSSR count). The van der Waals surface area contributed by atoms with Crippen LogP contribution < -0.4 is 16.0 Å². The molecule has 0 fully saturated rings. The molecule has 2 aromatic carbocycles. The number of hydrogen-bond donors (Lipinski definition) is 3. The maximum absolute atomic E-state index is 12.8. The number of ether oxygens (including phenoxy) is 1. The van der Waals surface area contributed by atoms with Gasteiger partial charge in [-0.3, -0.25) is 9.59 Å². The number of amides is 2. The predicted octanol–water partition coefficient (Wildman–Crippen LogP) is 3.78. The van der Waals surface area contributed by atoms with E-state index in [9.17, 15) is 14.4 Å². The van der Waals surface area contributed by atoms with Gasteiger partial charge < -0.3 is 20.7 Å². The average Bonchev–Trinajstić information content (AvgIpc) is 3.18. The van der Waals surface area contributed by atoms with Gasteiger partial charge in [0.25, 0.3) is 11.8 Å². The molecule has 0 spiro atoms. The van der Waals surface area contributed by atoms with Crippen molar-refractivity contribution in [1.29, 1.82) is 0 Å². The fourth-order valence-electron chi connectivity index (χ4n) is 3.06. The Labute approximate surface area is 190 Å². The number of para-hydroxylation sites is 1. The summed E-state index contributed by atoms with van der Waals surface area (Å²) in [5.74, 6) is -1.52. The molecular weight excluding hydrogens is 428 g/mol. The molecule has 1 heterocycles. The van der Waals surface area contributed by atoms with Crippen LogP contribution in [0, 0.1) is 6.92 Å². The SMILES string of the molecule is CNc1snc(C)c1C(=O)OCC(=O)Nc1ccccc1C(=O)NC(C)c1ccccc1. The van der Waals surface area contributed by atoms with Crippen molar-refractivity contribution < 1.29 is 19.1 Å². The Balaban J connectivity index is 1.63. The first kappa shape index (κ1) is 23.0. The predicted molar refractivity (Wildman–Crippen MR) is 124 cm³/mol. The van der Waals surface area contributed by atoms with Crippen LogP contribution >= 0.6 is 11.5 Å². The monoisotopic (exact) mass is 452 g/mol. The van der Waals surface area contributed by atoms with Crippen molar-refractivity contribution in [2.75, 3.05) is 24.3 Å². The number of carbonyl (C=O) groups is 3. The third-order valence-electron chi connectivity index (χ3n) is 4.72. The summed E-state index contributed by atoms with van der Waals surface area (Å²) in [5, 5.41) is 9.02. The largest absolute Gasteiger partial charge is 0.452 e. The molecule has 1 aromatic heterocycles. The lowest BCUT2D eigenvalue weighted by Crippen LogP contribution is -2.28. The third kappa shape index (κ3) is 5.50. The molecule has 166 valence electrons. The summed E-state index contributed by atoms with van der Waals surface area (Å²) >= 11 is 1.14. The van der Waals surface area contributed by atoms with Gasteiger partial charge in [0.1, 0.15) is 10.6 Å². The number of nitrogens with zero attached hydrogens (tertiary/aromatic N) is 1. The van der Waals surface area contributed by atoms with E-state index < -0.39 is 18.5 Å².